The Bertz CT molecular complexity index is 562. The van der Waals surface area contributed by atoms with Crippen molar-refractivity contribution in [1.82, 2.24) is 9.80 Å². The van der Waals surface area contributed by atoms with E-state index in [0.29, 0.717) is 18.0 Å². The number of rotatable bonds is 6. The van der Waals surface area contributed by atoms with Crippen LogP contribution in [0.5, 0.6) is 5.75 Å². The molecule has 1 fully saturated rings. The third-order valence-corrected chi connectivity index (χ3v) is 4.08. The van der Waals surface area contributed by atoms with Crippen molar-refractivity contribution in [3.63, 3.8) is 0 Å². The summed E-state index contributed by atoms with van der Waals surface area (Å²) in [6.45, 7) is 4.24. The van der Waals surface area contributed by atoms with Gasteiger partial charge < -0.3 is 19.9 Å². The second-order valence-electron chi connectivity index (χ2n) is 5.86. The van der Waals surface area contributed by atoms with Gasteiger partial charge >= 0.3 is 0 Å². The predicted molar refractivity (Wildman–Crippen MR) is 89.5 cm³/mol. The molecule has 6 heteroatoms. The summed E-state index contributed by atoms with van der Waals surface area (Å²) in [6, 6.07) is 7.41. The van der Waals surface area contributed by atoms with E-state index in [0.717, 1.165) is 19.5 Å². The Hall–Kier alpha value is -2.08. The molecule has 0 aliphatic carbocycles. The van der Waals surface area contributed by atoms with Crippen molar-refractivity contribution in [3.05, 3.63) is 24.3 Å². The predicted octanol–water partition coefficient (Wildman–Crippen LogP) is 1.58. The number of hydrogen-bond donors (Lipinski definition) is 1. The lowest BCUT2D eigenvalue weighted by atomic mass is 10.2. The van der Waals surface area contributed by atoms with Gasteiger partial charge in [0, 0.05) is 19.6 Å². The standard InChI is InChI=1S/C17H25N3O3/c1-4-23-15-8-6-5-7-14(15)18-16(21)11-17(22)20(3)13-9-10-19(2)12-13/h5-8,13H,4,9-12H2,1-3H3,(H,18,21)/t13-/m0/s1. The highest BCUT2D eigenvalue weighted by Gasteiger charge is 2.27. The Morgan fingerprint density at radius 2 is 2.13 bits per heavy atom. The first-order chi connectivity index (χ1) is 11.0. The van der Waals surface area contributed by atoms with Crippen LogP contribution in [0.1, 0.15) is 19.8 Å². The van der Waals surface area contributed by atoms with Gasteiger partial charge in [-0.25, -0.2) is 0 Å². The first-order valence-corrected chi connectivity index (χ1v) is 7.97. The molecular formula is C17H25N3O3. The average Bonchev–Trinajstić information content (AvgIpc) is 2.95. The largest absolute Gasteiger partial charge is 0.492 e. The van der Waals surface area contributed by atoms with Gasteiger partial charge in [-0.3, -0.25) is 9.59 Å². The van der Waals surface area contributed by atoms with Gasteiger partial charge in [0.2, 0.25) is 11.8 Å². The molecule has 1 N–H and O–H groups in total. The molecule has 0 bridgehead atoms. The number of nitrogens with zero attached hydrogens (tertiary/aromatic N) is 2. The second kappa shape index (κ2) is 7.97. The van der Waals surface area contributed by atoms with Gasteiger partial charge in [-0.05, 0) is 39.1 Å². The quantitative estimate of drug-likeness (QED) is 0.809. The maximum Gasteiger partial charge on any atom is 0.233 e. The zero-order valence-electron chi connectivity index (χ0n) is 14.0. The number of amides is 2. The zero-order valence-corrected chi connectivity index (χ0v) is 14.0. The molecule has 126 valence electrons. The van der Waals surface area contributed by atoms with E-state index in [9.17, 15) is 9.59 Å². The van der Waals surface area contributed by atoms with Gasteiger partial charge in [-0.2, -0.15) is 0 Å². The van der Waals surface area contributed by atoms with Crippen LogP contribution in [0, 0.1) is 0 Å². The number of ether oxygens (including phenoxy) is 1. The minimum absolute atomic E-state index is 0.156. The summed E-state index contributed by atoms with van der Waals surface area (Å²) in [5.74, 6) is 0.138. The number of nitrogens with one attached hydrogen (secondary N) is 1. The van der Waals surface area contributed by atoms with Crippen LogP contribution in [-0.4, -0.2) is 61.4 Å². The van der Waals surface area contributed by atoms with Gasteiger partial charge in [0.15, 0.2) is 0 Å². The summed E-state index contributed by atoms with van der Waals surface area (Å²) in [5.41, 5.74) is 0.593. The lowest BCUT2D eigenvalue weighted by Gasteiger charge is -2.24. The molecule has 1 aromatic rings. The summed E-state index contributed by atoms with van der Waals surface area (Å²) in [4.78, 5) is 28.3. The SMILES string of the molecule is CCOc1ccccc1NC(=O)CC(=O)N(C)[C@H]1CCN(C)C1. The van der Waals surface area contributed by atoms with E-state index >= 15 is 0 Å². The van der Waals surface area contributed by atoms with Gasteiger partial charge in [0.05, 0.1) is 12.3 Å². The molecule has 6 nitrogen and oxygen atoms in total. The fourth-order valence-electron chi connectivity index (χ4n) is 2.74. The molecule has 2 amide bonds. The minimum Gasteiger partial charge on any atom is -0.492 e. The Labute approximate surface area is 137 Å². The van der Waals surface area contributed by atoms with Crippen LogP contribution in [0.15, 0.2) is 24.3 Å². The van der Waals surface area contributed by atoms with Crippen LogP contribution < -0.4 is 10.1 Å². The number of likely N-dealkylation sites (N-methyl/N-ethyl adjacent to an activating group) is 2. The monoisotopic (exact) mass is 319 g/mol. The van der Waals surface area contributed by atoms with E-state index in [1.165, 1.54) is 0 Å². The average molecular weight is 319 g/mol. The normalized spacial score (nSPS) is 17.8. The molecule has 1 aliphatic heterocycles. The molecule has 1 atom stereocenters. The van der Waals surface area contributed by atoms with Gasteiger partial charge in [0.1, 0.15) is 12.2 Å². The molecule has 1 heterocycles. The van der Waals surface area contributed by atoms with Crippen molar-refractivity contribution < 1.29 is 14.3 Å². The van der Waals surface area contributed by atoms with E-state index in [1.807, 2.05) is 26.1 Å². The molecule has 2 rings (SSSR count). The number of likely N-dealkylation sites (tertiary alicyclic amines) is 1. The van der Waals surface area contributed by atoms with Crippen molar-refractivity contribution in [2.24, 2.45) is 0 Å². The third kappa shape index (κ3) is 4.69. The Morgan fingerprint density at radius 3 is 2.78 bits per heavy atom. The van der Waals surface area contributed by atoms with Gasteiger partial charge in [-0.1, -0.05) is 12.1 Å². The fraction of sp³-hybridized carbons (Fsp3) is 0.529. The molecule has 1 aromatic carbocycles. The van der Waals surface area contributed by atoms with Crippen LogP contribution in [-0.2, 0) is 9.59 Å². The van der Waals surface area contributed by atoms with Crippen LogP contribution in [0.25, 0.3) is 0 Å². The summed E-state index contributed by atoms with van der Waals surface area (Å²) < 4.78 is 5.47. The number of anilines is 1. The minimum atomic E-state index is -0.319. The lowest BCUT2D eigenvalue weighted by molar-refractivity contribution is -0.135. The summed E-state index contributed by atoms with van der Waals surface area (Å²) in [7, 11) is 3.81. The molecular weight excluding hydrogens is 294 g/mol. The topological polar surface area (TPSA) is 61.9 Å². The summed E-state index contributed by atoms with van der Waals surface area (Å²) in [6.07, 6.45) is 0.796. The van der Waals surface area contributed by atoms with E-state index in [4.69, 9.17) is 4.74 Å². The van der Waals surface area contributed by atoms with Gasteiger partial charge in [0.25, 0.3) is 0 Å². The van der Waals surface area contributed by atoms with E-state index in [2.05, 4.69) is 10.2 Å². The molecule has 0 spiro atoms. The fourth-order valence-corrected chi connectivity index (χ4v) is 2.74. The maximum absolute atomic E-state index is 12.3. The molecule has 1 saturated heterocycles. The summed E-state index contributed by atoms with van der Waals surface area (Å²) in [5, 5.41) is 2.76. The molecule has 0 radical (unpaired) electrons. The summed E-state index contributed by atoms with van der Waals surface area (Å²) >= 11 is 0. The second-order valence-corrected chi connectivity index (χ2v) is 5.86. The first kappa shape index (κ1) is 17.3. The number of hydrogen-bond acceptors (Lipinski definition) is 4. The Balaban J connectivity index is 1.90. The molecule has 23 heavy (non-hydrogen) atoms. The van der Waals surface area contributed by atoms with Gasteiger partial charge in [-0.15, -0.1) is 0 Å². The highest BCUT2D eigenvalue weighted by Crippen LogP contribution is 2.24. The van der Waals surface area contributed by atoms with E-state index in [-0.39, 0.29) is 24.3 Å². The van der Waals surface area contributed by atoms with Crippen LogP contribution in [0.3, 0.4) is 0 Å². The highest BCUT2D eigenvalue weighted by atomic mass is 16.5. The first-order valence-electron chi connectivity index (χ1n) is 7.97. The molecule has 0 aromatic heterocycles. The van der Waals surface area contributed by atoms with Crippen molar-refractivity contribution in [1.29, 1.82) is 0 Å². The van der Waals surface area contributed by atoms with Crippen molar-refractivity contribution in [2.45, 2.75) is 25.8 Å². The lowest BCUT2D eigenvalue weighted by Crippen LogP contribution is -2.40. The molecule has 1 aliphatic rings. The van der Waals surface area contributed by atoms with Crippen LogP contribution in [0.2, 0.25) is 0 Å². The zero-order chi connectivity index (χ0) is 16.8. The third-order valence-electron chi connectivity index (χ3n) is 4.08. The molecule has 0 saturated carbocycles. The number of benzene rings is 1. The van der Waals surface area contributed by atoms with Crippen LogP contribution in [0.4, 0.5) is 5.69 Å². The number of carbonyl (C=O) groups excluding carboxylic acids is 2. The van der Waals surface area contributed by atoms with Crippen molar-refractivity contribution in [3.8, 4) is 5.75 Å². The Kier molecular flexibility index (Phi) is 5.98. The number of carbonyl (C=O) groups is 2. The highest BCUT2D eigenvalue weighted by molar-refractivity contribution is 6.04. The smallest absolute Gasteiger partial charge is 0.233 e. The van der Waals surface area contributed by atoms with Crippen molar-refractivity contribution in [2.75, 3.05) is 39.1 Å². The van der Waals surface area contributed by atoms with Crippen molar-refractivity contribution >= 4 is 17.5 Å². The Morgan fingerprint density at radius 1 is 1.39 bits per heavy atom. The van der Waals surface area contributed by atoms with Crippen LogP contribution >= 0.6 is 0 Å². The maximum atomic E-state index is 12.3. The number of para-hydroxylation sites is 2. The van der Waals surface area contributed by atoms with E-state index in [1.54, 1.807) is 24.1 Å². The van der Waals surface area contributed by atoms with E-state index < -0.39 is 0 Å². The molecule has 0 unspecified atom stereocenters.